The van der Waals surface area contributed by atoms with Crippen molar-refractivity contribution >= 4 is 48.9 Å². The number of azide groups is 1. The van der Waals surface area contributed by atoms with Gasteiger partial charge in [-0.25, -0.2) is 0 Å². The van der Waals surface area contributed by atoms with Crippen molar-refractivity contribution in [2.75, 3.05) is 23.3 Å². The Morgan fingerprint density at radius 2 is 2.10 bits per heavy atom. The molecule has 0 amide bonds. The molecule has 148 valence electrons. The van der Waals surface area contributed by atoms with Crippen LogP contribution in [-0.2, 0) is 0 Å². The molecule has 4 rings (SSSR count). The third-order valence-electron chi connectivity index (χ3n) is 5.13. The fourth-order valence-corrected chi connectivity index (χ4v) is 4.72. The fraction of sp³-hybridized carbons (Fsp3) is 0.238. The van der Waals surface area contributed by atoms with E-state index < -0.39 is 6.10 Å². The molecule has 2 aliphatic rings. The summed E-state index contributed by atoms with van der Waals surface area (Å²) in [4.78, 5) is 5.07. The van der Waals surface area contributed by atoms with Crippen LogP contribution in [0.2, 0.25) is 0 Å². The molecular formula is C21H19Br2N5O. The van der Waals surface area contributed by atoms with E-state index in [9.17, 15) is 5.11 Å². The number of nitrogens with one attached hydrogen (secondary N) is 1. The normalized spacial score (nSPS) is 20.4. The zero-order chi connectivity index (χ0) is 20.4. The Morgan fingerprint density at radius 1 is 1.24 bits per heavy atom. The second-order valence-electron chi connectivity index (χ2n) is 7.06. The lowest BCUT2D eigenvalue weighted by Crippen LogP contribution is -2.41. The van der Waals surface area contributed by atoms with E-state index in [1.807, 2.05) is 18.2 Å². The van der Waals surface area contributed by atoms with Crippen molar-refractivity contribution in [3.8, 4) is 0 Å². The highest BCUT2D eigenvalue weighted by Gasteiger charge is 2.37. The quantitative estimate of drug-likeness (QED) is 0.281. The number of nitrogens with zero attached hydrogens (tertiary/aromatic N) is 4. The predicted octanol–water partition coefficient (Wildman–Crippen LogP) is 5.98. The topological polar surface area (TPSA) is 84.3 Å². The Kier molecular flexibility index (Phi) is 5.96. The second-order valence-corrected chi connectivity index (χ2v) is 8.89. The third kappa shape index (κ3) is 4.36. The maximum Gasteiger partial charge on any atom is 0.0887 e. The number of aliphatic hydroxyl groups excluding tert-OH is 1. The van der Waals surface area contributed by atoms with Gasteiger partial charge in [-0.3, -0.25) is 0 Å². The van der Waals surface area contributed by atoms with E-state index in [1.165, 1.54) is 5.56 Å². The lowest BCUT2D eigenvalue weighted by Gasteiger charge is -2.31. The van der Waals surface area contributed by atoms with E-state index >= 15 is 0 Å². The molecular weight excluding hydrogens is 498 g/mol. The van der Waals surface area contributed by atoms with Crippen LogP contribution >= 0.6 is 31.9 Å². The van der Waals surface area contributed by atoms with Gasteiger partial charge < -0.3 is 15.3 Å². The maximum absolute atomic E-state index is 10.7. The average Bonchev–Trinajstić information content (AvgIpc) is 2.99. The molecule has 0 fully saturated rings. The van der Waals surface area contributed by atoms with Gasteiger partial charge in [0, 0.05) is 49.9 Å². The first-order valence-corrected chi connectivity index (χ1v) is 10.8. The molecule has 1 aliphatic carbocycles. The van der Waals surface area contributed by atoms with Gasteiger partial charge in [0.25, 0.3) is 0 Å². The number of allylic oxidation sites excluding steroid dienone is 2. The first kappa shape index (κ1) is 20.0. The molecule has 2 N–H and O–H groups in total. The van der Waals surface area contributed by atoms with Crippen molar-refractivity contribution in [1.29, 1.82) is 0 Å². The molecule has 3 unspecified atom stereocenters. The molecule has 8 heteroatoms. The van der Waals surface area contributed by atoms with Crippen LogP contribution in [0.25, 0.3) is 10.4 Å². The molecule has 0 radical (unpaired) electrons. The van der Waals surface area contributed by atoms with Crippen LogP contribution in [0.15, 0.2) is 74.8 Å². The summed E-state index contributed by atoms with van der Waals surface area (Å²) < 4.78 is 2.13. The summed E-state index contributed by atoms with van der Waals surface area (Å²) in [5.74, 6) is 0.252. The van der Waals surface area contributed by atoms with Gasteiger partial charge in [0.15, 0.2) is 0 Å². The number of hydrogen-bond donors (Lipinski definition) is 2. The van der Waals surface area contributed by atoms with Crippen molar-refractivity contribution in [2.45, 2.75) is 18.1 Å². The first-order valence-electron chi connectivity index (χ1n) is 9.24. The van der Waals surface area contributed by atoms with E-state index in [0.29, 0.717) is 18.8 Å². The highest BCUT2D eigenvalue weighted by molar-refractivity contribution is 9.12. The number of anilines is 2. The van der Waals surface area contributed by atoms with Crippen LogP contribution in [0, 0.1) is 0 Å². The van der Waals surface area contributed by atoms with Gasteiger partial charge in [0.1, 0.15) is 0 Å². The van der Waals surface area contributed by atoms with Crippen LogP contribution < -0.4 is 10.2 Å². The lowest BCUT2D eigenvalue weighted by atomic mass is 9.91. The minimum atomic E-state index is -0.573. The Bertz CT molecular complexity index is 1030. The largest absolute Gasteiger partial charge is 0.389 e. The standard InChI is InChI=1S/C21H19Br2N5O/c22-13-4-6-20-18(8-13)19-9-14(23)5-7-21(19)28(20)12-17(29)11-25-15-2-1-3-16(10-15)26-27-24/h1-10,17-18,20,25,29H,11-12H2. The smallest absolute Gasteiger partial charge is 0.0887 e. The van der Waals surface area contributed by atoms with Crippen LogP contribution in [0.4, 0.5) is 17.1 Å². The van der Waals surface area contributed by atoms with E-state index in [2.05, 4.69) is 82.5 Å². The Labute approximate surface area is 185 Å². The van der Waals surface area contributed by atoms with Gasteiger partial charge in [-0.1, -0.05) is 67.3 Å². The monoisotopic (exact) mass is 515 g/mol. The van der Waals surface area contributed by atoms with Gasteiger partial charge in [-0.15, -0.1) is 0 Å². The third-order valence-corrected chi connectivity index (χ3v) is 6.15. The van der Waals surface area contributed by atoms with E-state index in [0.717, 1.165) is 20.3 Å². The summed E-state index contributed by atoms with van der Waals surface area (Å²) in [7, 11) is 0. The summed E-state index contributed by atoms with van der Waals surface area (Å²) >= 11 is 7.16. The molecule has 3 atom stereocenters. The summed E-state index contributed by atoms with van der Waals surface area (Å²) in [6, 6.07) is 13.7. The van der Waals surface area contributed by atoms with Crippen LogP contribution in [0.5, 0.6) is 0 Å². The minimum Gasteiger partial charge on any atom is -0.389 e. The number of hydrogen-bond acceptors (Lipinski definition) is 4. The number of halogens is 2. The molecule has 6 nitrogen and oxygen atoms in total. The molecule has 1 aliphatic heterocycles. The number of β-amino-alcohol motifs (C(OH)–C–C–N with tert-alkyl or cyclic N) is 1. The molecule has 1 heterocycles. The second kappa shape index (κ2) is 8.63. The van der Waals surface area contributed by atoms with Crippen molar-refractivity contribution in [1.82, 2.24) is 0 Å². The highest BCUT2D eigenvalue weighted by Crippen LogP contribution is 2.46. The lowest BCUT2D eigenvalue weighted by molar-refractivity contribution is 0.191. The maximum atomic E-state index is 10.7. The van der Waals surface area contributed by atoms with Crippen molar-refractivity contribution < 1.29 is 5.11 Å². The van der Waals surface area contributed by atoms with Crippen LogP contribution in [-0.4, -0.2) is 30.3 Å². The first-order chi connectivity index (χ1) is 14.0. The van der Waals surface area contributed by atoms with E-state index in [1.54, 1.807) is 12.1 Å². The molecule has 29 heavy (non-hydrogen) atoms. The molecule has 2 aromatic carbocycles. The van der Waals surface area contributed by atoms with Crippen molar-refractivity contribution in [2.24, 2.45) is 5.11 Å². The van der Waals surface area contributed by atoms with Gasteiger partial charge in [-0.05, 0) is 41.4 Å². The Hall–Kier alpha value is -2.25. The Morgan fingerprint density at radius 3 is 2.93 bits per heavy atom. The zero-order valence-electron chi connectivity index (χ0n) is 15.4. The number of fused-ring (bicyclic) bond motifs is 3. The van der Waals surface area contributed by atoms with Gasteiger partial charge in [0.05, 0.1) is 12.1 Å². The summed E-state index contributed by atoms with van der Waals surface area (Å²) in [6.45, 7) is 0.900. The van der Waals surface area contributed by atoms with E-state index in [4.69, 9.17) is 5.53 Å². The van der Waals surface area contributed by atoms with Crippen LogP contribution in [0.3, 0.4) is 0 Å². The molecule has 0 bridgehead atoms. The number of benzene rings is 2. The summed E-state index contributed by atoms with van der Waals surface area (Å²) in [5.41, 5.74) is 12.3. The molecule has 0 aromatic heterocycles. The highest BCUT2D eigenvalue weighted by atomic mass is 79.9. The SMILES string of the molecule is [N-]=[N+]=Nc1cccc(NCC(O)CN2c3ccc(Br)cc3C3C=C(Br)C=CC32)c1. The molecule has 0 saturated carbocycles. The fourth-order valence-electron chi connectivity index (χ4n) is 3.90. The molecule has 2 aromatic rings. The number of aliphatic hydroxyl groups is 1. The van der Waals surface area contributed by atoms with E-state index in [-0.39, 0.29) is 12.0 Å². The van der Waals surface area contributed by atoms with Gasteiger partial charge in [0.2, 0.25) is 0 Å². The van der Waals surface area contributed by atoms with Gasteiger partial charge in [-0.2, -0.15) is 0 Å². The van der Waals surface area contributed by atoms with Crippen molar-refractivity contribution in [3.05, 3.63) is 85.7 Å². The van der Waals surface area contributed by atoms with Crippen LogP contribution in [0.1, 0.15) is 11.5 Å². The Balaban J connectivity index is 1.48. The number of rotatable bonds is 6. The van der Waals surface area contributed by atoms with Gasteiger partial charge >= 0.3 is 0 Å². The average molecular weight is 517 g/mol. The zero-order valence-corrected chi connectivity index (χ0v) is 18.6. The molecule has 0 spiro atoms. The van der Waals surface area contributed by atoms with Crippen molar-refractivity contribution in [3.63, 3.8) is 0 Å². The minimum absolute atomic E-state index is 0.184. The molecule has 0 saturated heterocycles. The predicted molar refractivity (Wildman–Crippen MR) is 124 cm³/mol. The summed E-state index contributed by atoms with van der Waals surface area (Å²) in [6.07, 6.45) is 5.91. The summed E-state index contributed by atoms with van der Waals surface area (Å²) in [5, 5.41) is 17.6.